The third-order valence-electron chi connectivity index (χ3n) is 7.91. The summed E-state index contributed by atoms with van der Waals surface area (Å²) in [6.45, 7) is 0. The molecule has 5 rings (SSSR count). The number of hydrogen-bond acceptors (Lipinski definition) is 10. The Morgan fingerprint density at radius 3 is 1.32 bits per heavy atom. The van der Waals surface area contributed by atoms with Crippen LogP contribution in [0.4, 0.5) is 0 Å². The molecule has 6 N–H and O–H groups in total. The van der Waals surface area contributed by atoms with Gasteiger partial charge in [0.25, 0.3) is 5.79 Å². The molecule has 4 aromatic rings. The van der Waals surface area contributed by atoms with Crippen LogP contribution in [0.15, 0.2) is 121 Å². The second-order valence-corrected chi connectivity index (χ2v) is 10.5. The standard InChI is InChI=1S/C34H29NO9/c35-31-33(42,28(39)23-17-9-3-10-18-23)32(41,27(38)22-15-7-2-8-16-22)30(26(37)25(36)21-13-5-1-6-14-21)44-34(31,43)29(40)24-19-11-4-12-20-24/h1-20,26,30-31,37,41-43H,35H2/t26?,30-,31-,32-,33-,34?/m1/s1. The van der Waals surface area contributed by atoms with Gasteiger partial charge in [0.1, 0.15) is 18.2 Å². The first kappa shape index (κ1) is 30.8. The summed E-state index contributed by atoms with van der Waals surface area (Å²) in [7, 11) is 0. The van der Waals surface area contributed by atoms with Gasteiger partial charge in [-0.1, -0.05) is 121 Å². The fourth-order valence-electron chi connectivity index (χ4n) is 5.52. The summed E-state index contributed by atoms with van der Waals surface area (Å²) in [5, 5.41) is 48.3. The van der Waals surface area contributed by atoms with Gasteiger partial charge in [0.05, 0.1) is 0 Å². The molecule has 0 bridgehead atoms. The molecular weight excluding hydrogens is 566 g/mol. The van der Waals surface area contributed by atoms with Crippen LogP contribution in [0.3, 0.4) is 0 Å². The summed E-state index contributed by atoms with van der Waals surface area (Å²) in [6.07, 6.45) is -5.11. The highest BCUT2D eigenvalue weighted by atomic mass is 16.7. The van der Waals surface area contributed by atoms with Gasteiger partial charge in [0.2, 0.25) is 11.6 Å². The molecule has 224 valence electrons. The van der Waals surface area contributed by atoms with Crippen molar-refractivity contribution in [2.24, 2.45) is 5.73 Å². The lowest BCUT2D eigenvalue weighted by molar-refractivity contribution is -0.326. The Morgan fingerprint density at radius 2 is 0.909 bits per heavy atom. The number of benzene rings is 4. The molecule has 0 amide bonds. The minimum Gasteiger partial charge on any atom is -0.382 e. The average molecular weight is 596 g/mol. The molecule has 6 atom stereocenters. The zero-order valence-corrected chi connectivity index (χ0v) is 23.2. The smallest absolute Gasteiger partial charge is 0.250 e. The molecule has 2 unspecified atom stereocenters. The molecule has 1 aliphatic heterocycles. The Bertz CT molecular complexity index is 1630. The van der Waals surface area contributed by atoms with E-state index in [1.165, 1.54) is 97.1 Å². The molecule has 10 heteroatoms. The Morgan fingerprint density at radius 1 is 0.568 bits per heavy atom. The van der Waals surface area contributed by atoms with Crippen LogP contribution < -0.4 is 5.73 Å². The van der Waals surface area contributed by atoms with E-state index in [1.807, 2.05) is 0 Å². The van der Waals surface area contributed by atoms with Crippen LogP contribution in [0.1, 0.15) is 41.4 Å². The lowest BCUT2D eigenvalue weighted by atomic mass is 9.61. The van der Waals surface area contributed by atoms with E-state index < -0.39 is 58.4 Å². The van der Waals surface area contributed by atoms with Crippen LogP contribution in [0.2, 0.25) is 0 Å². The van der Waals surface area contributed by atoms with Crippen molar-refractivity contribution < 1.29 is 44.3 Å². The van der Waals surface area contributed by atoms with E-state index in [0.717, 1.165) is 0 Å². The highest BCUT2D eigenvalue weighted by Gasteiger charge is 2.77. The lowest BCUT2D eigenvalue weighted by Gasteiger charge is -2.57. The summed E-state index contributed by atoms with van der Waals surface area (Å²) in [5.41, 5.74) is -1.51. The van der Waals surface area contributed by atoms with Crippen LogP contribution in [-0.4, -0.2) is 78.8 Å². The number of carbonyl (C=O) groups excluding carboxylic acids is 4. The number of rotatable bonds is 9. The third-order valence-corrected chi connectivity index (χ3v) is 7.91. The minimum absolute atomic E-state index is 0.0937. The molecule has 1 saturated heterocycles. The van der Waals surface area contributed by atoms with Gasteiger partial charge in [0, 0.05) is 22.3 Å². The molecule has 44 heavy (non-hydrogen) atoms. The van der Waals surface area contributed by atoms with E-state index in [0.29, 0.717) is 0 Å². The Balaban J connectivity index is 1.79. The van der Waals surface area contributed by atoms with Gasteiger partial charge in [-0.05, 0) is 0 Å². The van der Waals surface area contributed by atoms with E-state index in [-0.39, 0.29) is 22.3 Å². The maximum Gasteiger partial charge on any atom is 0.250 e. The highest BCUT2D eigenvalue weighted by Crippen LogP contribution is 2.47. The van der Waals surface area contributed by atoms with E-state index >= 15 is 0 Å². The molecule has 0 saturated carbocycles. The zero-order valence-electron chi connectivity index (χ0n) is 23.2. The van der Waals surface area contributed by atoms with Gasteiger partial charge in [-0.25, -0.2) is 0 Å². The second kappa shape index (κ2) is 11.8. The van der Waals surface area contributed by atoms with Crippen molar-refractivity contribution >= 4 is 23.1 Å². The van der Waals surface area contributed by atoms with Crippen molar-refractivity contribution in [2.75, 3.05) is 0 Å². The molecular formula is C34H29NO9. The first-order chi connectivity index (χ1) is 21.0. The Labute approximate surface area is 252 Å². The van der Waals surface area contributed by atoms with Crippen molar-refractivity contribution in [3.63, 3.8) is 0 Å². The SMILES string of the molecule is N[C@H]1C(O)(C(=O)c2ccccc2)O[C@H](C(O)C(=O)c2ccccc2)[C@](O)(C(=O)c2ccccc2)[C@@]1(O)C(=O)c1ccccc1. The van der Waals surface area contributed by atoms with Gasteiger partial charge in [-0.15, -0.1) is 0 Å². The molecule has 0 aliphatic carbocycles. The summed E-state index contributed by atoms with van der Waals surface area (Å²) < 4.78 is 5.67. The summed E-state index contributed by atoms with van der Waals surface area (Å²) >= 11 is 0. The normalized spacial score (nSPS) is 27.2. The number of ether oxygens (including phenoxy) is 1. The maximum atomic E-state index is 14.3. The van der Waals surface area contributed by atoms with Crippen molar-refractivity contribution in [3.8, 4) is 0 Å². The van der Waals surface area contributed by atoms with Gasteiger partial charge < -0.3 is 30.9 Å². The molecule has 1 aliphatic rings. The van der Waals surface area contributed by atoms with Gasteiger partial charge >= 0.3 is 0 Å². The van der Waals surface area contributed by atoms with E-state index in [1.54, 1.807) is 24.3 Å². The number of ketones is 4. The number of Topliss-reactive ketones (excluding diaryl/α,β-unsaturated/α-hetero) is 4. The van der Waals surface area contributed by atoms with Crippen LogP contribution in [-0.2, 0) is 4.74 Å². The molecule has 4 aromatic carbocycles. The van der Waals surface area contributed by atoms with Crippen molar-refractivity contribution in [1.82, 2.24) is 0 Å². The third kappa shape index (κ3) is 4.80. The van der Waals surface area contributed by atoms with E-state index in [2.05, 4.69) is 0 Å². The van der Waals surface area contributed by atoms with Crippen molar-refractivity contribution in [2.45, 2.75) is 35.2 Å². The number of carbonyl (C=O) groups is 4. The first-order valence-electron chi connectivity index (χ1n) is 13.6. The predicted octanol–water partition coefficient (Wildman–Crippen LogP) is 1.76. The number of nitrogens with two attached hydrogens (primary N) is 1. The predicted molar refractivity (Wildman–Crippen MR) is 157 cm³/mol. The molecule has 1 heterocycles. The van der Waals surface area contributed by atoms with Crippen LogP contribution in [0.25, 0.3) is 0 Å². The van der Waals surface area contributed by atoms with Gasteiger partial charge in [-0.3, -0.25) is 19.2 Å². The van der Waals surface area contributed by atoms with Crippen molar-refractivity contribution in [1.29, 1.82) is 0 Å². The molecule has 10 nitrogen and oxygen atoms in total. The van der Waals surface area contributed by atoms with E-state index in [9.17, 15) is 39.6 Å². The van der Waals surface area contributed by atoms with Crippen molar-refractivity contribution in [3.05, 3.63) is 144 Å². The zero-order chi connectivity index (χ0) is 31.7. The topological polar surface area (TPSA) is 184 Å². The maximum absolute atomic E-state index is 14.3. The quantitative estimate of drug-likeness (QED) is 0.179. The molecule has 0 aromatic heterocycles. The van der Waals surface area contributed by atoms with Gasteiger partial charge in [-0.2, -0.15) is 0 Å². The van der Waals surface area contributed by atoms with Crippen LogP contribution >= 0.6 is 0 Å². The van der Waals surface area contributed by atoms with Crippen LogP contribution in [0, 0.1) is 0 Å². The summed E-state index contributed by atoms with van der Waals surface area (Å²) in [6, 6.07) is 25.7. The molecule has 1 fully saturated rings. The van der Waals surface area contributed by atoms with Gasteiger partial charge in [0.15, 0.2) is 22.8 Å². The monoisotopic (exact) mass is 595 g/mol. The first-order valence-corrected chi connectivity index (χ1v) is 13.6. The number of aliphatic hydroxyl groups excluding tert-OH is 1. The summed E-state index contributed by atoms with van der Waals surface area (Å²) in [4.78, 5) is 55.9. The van der Waals surface area contributed by atoms with Crippen LogP contribution in [0.5, 0.6) is 0 Å². The largest absolute Gasteiger partial charge is 0.382 e. The Kier molecular flexibility index (Phi) is 8.23. The fraction of sp³-hybridized carbons (Fsp3) is 0.176. The average Bonchev–Trinajstić information content (AvgIpc) is 3.08. The minimum atomic E-state index is -3.55. The molecule has 0 radical (unpaired) electrons. The Hall–Kier alpha value is -4.68. The lowest BCUT2D eigenvalue weighted by Crippen LogP contribution is -2.87. The van der Waals surface area contributed by atoms with E-state index in [4.69, 9.17) is 10.5 Å². The number of hydrogen-bond donors (Lipinski definition) is 5. The summed E-state index contributed by atoms with van der Waals surface area (Å²) in [5.74, 6) is -8.44. The highest BCUT2D eigenvalue weighted by molar-refractivity contribution is 6.15. The molecule has 0 spiro atoms. The fourth-order valence-corrected chi connectivity index (χ4v) is 5.52. The number of aliphatic hydroxyl groups is 4. The second-order valence-electron chi connectivity index (χ2n) is 10.5.